The van der Waals surface area contributed by atoms with Gasteiger partial charge in [-0.05, 0) is 39.3 Å². The molecule has 0 aliphatic heterocycles. The Labute approximate surface area is 162 Å². The van der Waals surface area contributed by atoms with Gasteiger partial charge in [0.25, 0.3) is 5.91 Å². The monoisotopic (exact) mass is 397 g/mol. The van der Waals surface area contributed by atoms with Crippen LogP contribution >= 0.6 is 0 Å². The van der Waals surface area contributed by atoms with Crippen LogP contribution in [-0.2, 0) is 9.53 Å². The summed E-state index contributed by atoms with van der Waals surface area (Å²) in [7, 11) is 0. The summed E-state index contributed by atoms with van der Waals surface area (Å²) in [5.74, 6) is -2.69. The van der Waals surface area contributed by atoms with Crippen molar-refractivity contribution in [3.05, 3.63) is 17.7 Å². The van der Waals surface area contributed by atoms with Crippen LogP contribution in [0, 0.1) is 0 Å². The second kappa shape index (κ2) is 10.2. The van der Waals surface area contributed by atoms with Crippen molar-refractivity contribution in [2.75, 3.05) is 19.6 Å². The summed E-state index contributed by atoms with van der Waals surface area (Å²) in [5.41, 5.74) is -0.612. The van der Waals surface area contributed by atoms with Gasteiger partial charge in [0.2, 0.25) is 5.91 Å². The maximum atomic E-state index is 11.9. The zero-order valence-electron chi connectivity index (χ0n) is 16.2. The summed E-state index contributed by atoms with van der Waals surface area (Å²) in [6, 6.07) is 2.06. The minimum Gasteiger partial charge on any atom is -0.504 e. The third-order valence-electron chi connectivity index (χ3n) is 3.31. The van der Waals surface area contributed by atoms with Crippen molar-refractivity contribution in [1.29, 1.82) is 0 Å². The molecule has 10 heteroatoms. The van der Waals surface area contributed by atoms with Crippen molar-refractivity contribution in [2.24, 2.45) is 0 Å². The van der Waals surface area contributed by atoms with Crippen LogP contribution in [-0.4, -0.2) is 58.5 Å². The number of benzene rings is 1. The quantitative estimate of drug-likeness (QED) is 0.282. The van der Waals surface area contributed by atoms with Gasteiger partial charge in [0, 0.05) is 31.6 Å². The smallest absolute Gasteiger partial charge is 0.407 e. The Morgan fingerprint density at radius 2 is 1.50 bits per heavy atom. The zero-order valence-corrected chi connectivity index (χ0v) is 16.2. The van der Waals surface area contributed by atoms with Crippen LogP contribution in [0.3, 0.4) is 0 Å². The average Bonchev–Trinajstić information content (AvgIpc) is 2.57. The number of carbonyl (C=O) groups is 3. The van der Waals surface area contributed by atoms with Gasteiger partial charge in [-0.1, -0.05) is 0 Å². The van der Waals surface area contributed by atoms with Crippen molar-refractivity contribution in [3.63, 3.8) is 0 Å². The molecule has 1 aromatic carbocycles. The number of nitrogens with one attached hydrogen (secondary N) is 3. The molecular formula is C18H27N3O7. The fourth-order valence-corrected chi connectivity index (χ4v) is 2.04. The molecule has 0 unspecified atom stereocenters. The van der Waals surface area contributed by atoms with Crippen LogP contribution < -0.4 is 16.0 Å². The normalized spacial score (nSPS) is 10.8. The topological polar surface area (TPSA) is 157 Å². The van der Waals surface area contributed by atoms with E-state index in [-0.39, 0.29) is 31.0 Å². The van der Waals surface area contributed by atoms with Crippen molar-refractivity contribution in [1.82, 2.24) is 16.0 Å². The fourth-order valence-electron chi connectivity index (χ4n) is 2.04. The van der Waals surface area contributed by atoms with Gasteiger partial charge in [-0.15, -0.1) is 0 Å². The van der Waals surface area contributed by atoms with Gasteiger partial charge in [0.15, 0.2) is 17.2 Å². The van der Waals surface area contributed by atoms with E-state index in [4.69, 9.17) is 4.74 Å². The van der Waals surface area contributed by atoms with E-state index in [0.29, 0.717) is 13.0 Å². The molecule has 28 heavy (non-hydrogen) atoms. The summed E-state index contributed by atoms with van der Waals surface area (Å²) in [5, 5.41) is 35.7. The first kappa shape index (κ1) is 22.9. The van der Waals surface area contributed by atoms with Crippen LogP contribution in [0.15, 0.2) is 12.1 Å². The molecule has 10 nitrogen and oxygen atoms in total. The lowest BCUT2D eigenvalue weighted by molar-refractivity contribution is -0.120. The highest BCUT2D eigenvalue weighted by Gasteiger charge is 2.16. The van der Waals surface area contributed by atoms with Crippen LogP contribution in [0.25, 0.3) is 0 Å². The SMILES string of the molecule is CC(C)(C)OC(=O)NCCC(=O)NCCCNC(=O)c1cc(O)c(O)c(O)c1. The molecule has 3 amide bonds. The van der Waals surface area contributed by atoms with Crippen LogP contribution in [0.2, 0.25) is 0 Å². The second-order valence-corrected chi connectivity index (χ2v) is 7.00. The lowest BCUT2D eigenvalue weighted by Crippen LogP contribution is -2.35. The number of ether oxygens (including phenoxy) is 1. The number of carbonyl (C=O) groups excluding carboxylic acids is 3. The van der Waals surface area contributed by atoms with Gasteiger partial charge in [-0.2, -0.15) is 0 Å². The number of hydrogen-bond donors (Lipinski definition) is 6. The first-order valence-electron chi connectivity index (χ1n) is 8.76. The molecule has 0 saturated heterocycles. The molecule has 1 rings (SSSR count). The Bertz CT molecular complexity index is 691. The van der Waals surface area contributed by atoms with E-state index < -0.39 is 34.9 Å². The van der Waals surface area contributed by atoms with E-state index in [1.807, 2.05) is 0 Å². The highest BCUT2D eigenvalue weighted by molar-refractivity contribution is 5.95. The molecule has 0 bridgehead atoms. The van der Waals surface area contributed by atoms with Gasteiger partial charge in [-0.25, -0.2) is 4.79 Å². The van der Waals surface area contributed by atoms with E-state index in [0.717, 1.165) is 12.1 Å². The molecule has 1 aromatic rings. The van der Waals surface area contributed by atoms with Crippen molar-refractivity contribution >= 4 is 17.9 Å². The highest BCUT2D eigenvalue weighted by atomic mass is 16.6. The number of phenolic OH excluding ortho intramolecular Hbond substituents is 3. The number of alkyl carbamates (subject to hydrolysis) is 1. The largest absolute Gasteiger partial charge is 0.504 e. The van der Waals surface area contributed by atoms with Gasteiger partial charge in [-0.3, -0.25) is 9.59 Å². The molecule has 0 spiro atoms. The van der Waals surface area contributed by atoms with Crippen LogP contribution in [0.1, 0.15) is 44.0 Å². The van der Waals surface area contributed by atoms with Crippen molar-refractivity contribution < 1.29 is 34.4 Å². The zero-order chi connectivity index (χ0) is 21.3. The lowest BCUT2D eigenvalue weighted by atomic mass is 10.1. The maximum Gasteiger partial charge on any atom is 0.407 e. The maximum absolute atomic E-state index is 11.9. The fraction of sp³-hybridized carbons (Fsp3) is 0.500. The van der Waals surface area contributed by atoms with Crippen molar-refractivity contribution in [2.45, 2.75) is 39.2 Å². The van der Waals surface area contributed by atoms with Gasteiger partial charge in [0.1, 0.15) is 5.60 Å². The van der Waals surface area contributed by atoms with E-state index in [1.54, 1.807) is 20.8 Å². The molecule has 0 radical (unpaired) electrons. The molecule has 0 aliphatic carbocycles. The predicted octanol–water partition coefficient (Wildman–Crippen LogP) is 0.954. The Balaban J connectivity index is 2.19. The lowest BCUT2D eigenvalue weighted by Gasteiger charge is -2.19. The molecule has 0 saturated carbocycles. The third kappa shape index (κ3) is 8.47. The van der Waals surface area contributed by atoms with E-state index in [1.165, 1.54) is 0 Å². The first-order chi connectivity index (χ1) is 13.0. The Morgan fingerprint density at radius 1 is 0.929 bits per heavy atom. The Morgan fingerprint density at radius 3 is 2.07 bits per heavy atom. The van der Waals surface area contributed by atoms with E-state index in [2.05, 4.69) is 16.0 Å². The molecule has 6 N–H and O–H groups in total. The standard InChI is InChI=1S/C18H27N3O7/c1-18(2,3)28-17(27)21-8-5-14(24)19-6-4-7-20-16(26)11-9-12(22)15(25)13(23)10-11/h9-10,22-23,25H,4-8H2,1-3H3,(H,19,24)(H,20,26)(H,21,27). The predicted molar refractivity (Wildman–Crippen MR) is 100 cm³/mol. The molecule has 0 heterocycles. The first-order valence-corrected chi connectivity index (χ1v) is 8.76. The molecule has 156 valence electrons. The molecule has 0 aromatic heterocycles. The minimum atomic E-state index is -0.694. The number of rotatable bonds is 8. The minimum absolute atomic E-state index is 0.00921. The van der Waals surface area contributed by atoms with E-state index in [9.17, 15) is 29.7 Å². The van der Waals surface area contributed by atoms with Crippen molar-refractivity contribution in [3.8, 4) is 17.2 Å². The number of hydrogen-bond acceptors (Lipinski definition) is 7. The Kier molecular flexibility index (Phi) is 8.36. The molecule has 0 atom stereocenters. The number of aromatic hydroxyl groups is 3. The second-order valence-electron chi connectivity index (χ2n) is 7.00. The number of amides is 3. The third-order valence-corrected chi connectivity index (χ3v) is 3.31. The molecule has 0 aliphatic rings. The highest BCUT2D eigenvalue weighted by Crippen LogP contribution is 2.35. The summed E-state index contributed by atoms with van der Waals surface area (Å²) in [6.07, 6.45) is -0.0423. The average molecular weight is 397 g/mol. The summed E-state index contributed by atoms with van der Waals surface area (Å²) < 4.78 is 5.05. The Hall–Kier alpha value is -3.17. The van der Waals surface area contributed by atoms with Gasteiger partial charge in [0.05, 0.1) is 0 Å². The van der Waals surface area contributed by atoms with Crippen LogP contribution in [0.4, 0.5) is 4.79 Å². The molecular weight excluding hydrogens is 370 g/mol. The number of phenols is 3. The summed E-state index contributed by atoms with van der Waals surface area (Å²) >= 11 is 0. The summed E-state index contributed by atoms with van der Waals surface area (Å²) in [4.78, 5) is 35.0. The van der Waals surface area contributed by atoms with E-state index >= 15 is 0 Å². The molecule has 0 fully saturated rings. The summed E-state index contributed by atoms with van der Waals surface area (Å²) in [6.45, 7) is 5.93. The van der Waals surface area contributed by atoms with Gasteiger partial charge < -0.3 is 36.0 Å². The van der Waals surface area contributed by atoms with Crippen LogP contribution in [0.5, 0.6) is 17.2 Å². The van der Waals surface area contributed by atoms with Gasteiger partial charge >= 0.3 is 6.09 Å².